The third-order valence-corrected chi connectivity index (χ3v) is 8.08. The van der Waals surface area contributed by atoms with E-state index in [9.17, 15) is 31.2 Å². The number of carbonyl (C=O) groups excluding carboxylic acids is 2. The number of benzene rings is 3. The van der Waals surface area contributed by atoms with Crippen LogP contribution in [0.5, 0.6) is 0 Å². The second-order valence-corrected chi connectivity index (χ2v) is 11.7. The fourth-order valence-electron chi connectivity index (χ4n) is 4.17. The monoisotopic (exact) mass is 649 g/mol. The van der Waals surface area contributed by atoms with E-state index in [-0.39, 0.29) is 28.6 Å². The van der Waals surface area contributed by atoms with E-state index in [0.29, 0.717) is 22.5 Å². The lowest BCUT2D eigenvalue weighted by atomic mass is 10.0. The standard InChI is InChI=1S/C29H27ClF3N5O5S/c1-5-43-28(40)37-44(41,42)26-11-6-16(2)12-20(26)18-7-9-19(10-8-18)34-24-15-22(30)21(29(31,32)33)14-23(24)35-27(39)25-13-17(3)38(4)36-25/h6-15,34H,5H2,1-4H3,(H,35,39)(H,37,40). The van der Waals surface area contributed by atoms with E-state index in [4.69, 9.17) is 16.3 Å². The van der Waals surface area contributed by atoms with Gasteiger partial charge in [-0.1, -0.05) is 41.4 Å². The number of ether oxygens (including phenoxy) is 1. The third-order valence-electron chi connectivity index (χ3n) is 6.40. The normalized spacial score (nSPS) is 11.6. The number of hydrogen-bond donors (Lipinski definition) is 3. The molecule has 3 aromatic carbocycles. The van der Waals surface area contributed by atoms with Crippen molar-refractivity contribution in [2.45, 2.75) is 31.8 Å². The third kappa shape index (κ3) is 7.32. The van der Waals surface area contributed by atoms with E-state index >= 15 is 0 Å². The lowest BCUT2D eigenvalue weighted by molar-refractivity contribution is -0.137. The van der Waals surface area contributed by atoms with Crippen molar-refractivity contribution in [2.24, 2.45) is 7.05 Å². The van der Waals surface area contributed by atoms with Gasteiger partial charge in [-0.25, -0.2) is 17.9 Å². The van der Waals surface area contributed by atoms with E-state index in [2.05, 4.69) is 15.7 Å². The summed E-state index contributed by atoms with van der Waals surface area (Å²) in [7, 11) is -2.67. The largest absolute Gasteiger partial charge is 0.449 e. The number of aromatic nitrogens is 2. The molecule has 10 nitrogen and oxygen atoms in total. The fourth-order valence-corrected chi connectivity index (χ4v) is 5.55. The van der Waals surface area contributed by atoms with Gasteiger partial charge >= 0.3 is 12.3 Å². The first kappa shape index (κ1) is 32.4. The summed E-state index contributed by atoms with van der Waals surface area (Å²) in [5, 5.41) is 8.90. The number of carbonyl (C=O) groups is 2. The van der Waals surface area contributed by atoms with Crippen molar-refractivity contribution in [3.05, 3.63) is 88.2 Å². The summed E-state index contributed by atoms with van der Waals surface area (Å²) in [4.78, 5) is 24.5. The van der Waals surface area contributed by atoms with Gasteiger partial charge in [0.05, 0.1) is 33.5 Å². The maximum absolute atomic E-state index is 13.7. The van der Waals surface area contributed by atoms with E-state index in [1.54, 1.807) is 57.3 Å². The SMILES string of the molecule is CCOC(=O)NS(=O)(=O)c1ccc(C)cc1-c1ccc(Nc2cc(Cl)c(C(F)(F)F)cc2NC(=O)c2cc(C)n(C)n2)cc1. The highest BCUT2D eigenvalue weighted by atomic mass is 35.5. The van der Waals surface area contributed by atoms with Crippen LogP contribution in [0.2, 0.25) is 5.02 Å². The van der Waals surface area contributed by atoms with Crippen LogP contribution in [-0.2, 0) is 28.0 Å². The number of aryl methyl sites for hydroxylation is 3. The van der Waals surface area contributed by atoms with Crippen LogP contribution in [0, 0.1) is 13.8 Å². The van der Waals surface area contributed by atoms with Crippen LogP contribution < -0.4 is 15.4 Å². The summed E-state index contributed by atoms with van der Waals surface area (Å²) in [6, 6.07) is 14.1. The Morgan fingerprint density at radius 2 is 1.68 bits per heavy atom. The number of anilines is 3. The smallest absolute Gasteiger partial charge is 0.421 e. The number of nitrogens with zero attached hydrogens (tertiary/aromatic N) is 2. The molecule has 15 heteroatoms. The Kier molecular flexibility index (Phi) is 9.25. The molecule has 0 unspecified atom stereocenters. The van der Waals surface area contributed by atoms with Gasteiger partial charge in [-0.3, -0.25) is 9.48 Å². The maximum atomic E-state index is 13.7. The van der Waals surface area contributed by atoms with Crippen molar-refractivity contribution in [1.29, 1.82) is 0 Å². The average molecular weight is 650 g/mol. The molecule has 4 aromatic rings. The van der Waals surface area contributed by atoms with Gasteiger partial charge in [0.2, 0.25) is 0 Å². The number of nitrogens with one attached hydrogen (secondary N) is 3. The number of amides is 2. The summed E-state index contributed by atoms with van der Waals surface area (Å²) in [6.07, 6.45) is -5.90. The summed E-state index contributed by atoms with van der Waals surface area (Å²) in [5.41, 5.74) is 1.29. The van der Waals surface area contributed by atoms with E-state index in [1.807, 2.05) is 4.72 Å². The van der Waals surface area contributed by atoms with Gasteiger partial charge in [-0.15, -0.1) is 0 Å². The highest BCUT2D eigenvalue weighted by Gasteiger charge is 2.34. The van der Waals surface area contributed by atoms with E-state index in [0.717, 1.165) is 17.7 Å². The van der Waals surface area contributed by atoms with E-state index < -0.39 is 38.8 Å². The predicted molar refractivity (Wildman–Crippen MR) is 160 cm³/mol. The second kappa shape index (κ2) is 12.6. The molecule has 1 aromatic heterocycles. The Balaban J connectivity index is 1.68. The van der Waals surface area contributed by atoms with Crippen LogP contribution in [0.15, 0.2) is 65.6 Å². The molecule has 4 rings (SSSR count). The summed E-state index contributed by atoms with van der Waals surface area (Å²) in [6.45, 7) is 5.01. The molecule has 0 fully saturated rings. The van der Waals surface area contributed by atoms with Gasteiger partial charge in [-0.2, -0.15) is 18.3 Å². The predicted octanol–water partition coefficient (Wildman–Crippen LogP) is 6.81. The van der Waals surface area contributed by atoms with Crippen LogP contribution in [0.4, 0.5) is 35.0 Å². The molecule has 0 bridgehead atoms. The first-order chi connectivity index (χ1) is 20.6. The lowest BCUT2D eigenvalue weighted by Gasteiger charge is -2.18. The Labute approximate surface area is 256 Å². The molecule has 0 spiro atoms. The fraction of sp³-hybridized carbons (Fsp3) is 0.207. The van der Waals surface area contributed by atoms with Crippen molar-refractivity contribution in [3.8, 4) is 11.1 Å². The number of hydrogen-bond acceptors (Lipinski definition) is 7. The summed E-state index contributed by atoms with van der Waals surface area (Å²) >= 11 is 5.98. The molecule has 0 saturated heterocycles. The van der Waals surface area contributed by atoms with Crippen molar-refractivity contribution in [1.82, 2.24) is 14.5 Å². The van der Waals surface area contributed by atoms with Crippen LogP contribution >= 0.6 is 11.6 Å². The zero-order valence-corrected chi connectivity index (χ0v) is 25.4. The van der Waals surface area contributed by atoms with Crippen molar-refractivity contribution in [2.75, 3.05) is 17.2 Å². The molecular weight excluding hydrogens is 623 g/mol. The van der Waals surface area contributed by atoms with Crippen molar-refractivity contribution >= 4 is 50.7 Å². The average Bonchev–Trinajstić information content (AvgIpc) is 3.27. The molecule has 44 heavy (non-hydrogen) atoms. The first-order valence-corrected chi connectivity index (χ1v) is 14.9. The minimum absolute atomic E-state index is 0.00479. The molecule has 1 heterocycles. The zero-order valence-electron chi connectivity index (χ0n) is 23.8. The molecule has 0 aliphatic rings. The van der Waals surface area contributed by atoms with Gasteiger partial charge in [0, 0.05) is 24.0 Å². The van der Waals surface area contributed by atoms with Gasteiger partial charge in [0.1, 0.15) is 0 Å². The lowest BCUT2D eigenvalue weighted by Crippen LogP contribution is -2.31. The molecule has 0 atom stereocenters. The Morgan fingerprint density at radius 1 is 1.00 bits per heavy atom. The Bertz CT molecular complexity index is 1820. The van der Waals surface area contributed by atoms with Gasteiger partial charge in [0.15, 0.2) is 5.69 Å². The Morgan fingerprint density at radius 3 is 2.27 bits per heavy atom. The van der Waals surface area contributed by atoms with Gasteiger partial charge in [-0.05, 0) is 62.7 Å². The van der Waals surface area contributed by atoms with Crippen LogP contribution in [0.3, 0.4) is 0 Å². The van der Waals surface area contributed by atoms with Crippen molar-refractivity contribution < 1.29 is 35.9 Å². The van der Waals surface area contributed by atoms with Crippen LogP contribution in [0.25, 0.3) is 11.1 Å². The number of halogens is 4. The minimum Gasteiger partial charge on any atom is -0.449 e. The number of sulfonamides is 1. The maximum Gasteiger partial charge on any atom is 0.421 e. The Hall–Kier alpha value is -4.56. The molecule has 0 aliphatic heterocycles. The highest BCUT2D eigenvalue weighted by Crippen LogP contribution is 2.41. The molecule has 0 radical (unpaired) electrons. The number of alkyl halides is 3. The summed E-state index contributed by atoms with van der Waals surface area (Å²) < 4.78 is 74.9. The zero-order chi connectivity index (χ0) is 32.4. The molecule has 2 amide bonds. The second-order valence-electron chi connectivity index (χ2n) is 9.65. The van der Waals surface area contributed by atoms with Gasteiger partial charge in [0.25, 0.3) is 15.9 Å². The first-order valence-electron chi connectivity index (χ1n) is 13.0. The summed E-state index contributed by atoms with van der Waals surface area (Å²) in [5.74, 6) is -0.729. The quantitative estimate of drug-likeness (QED) is 0.191. The minimum atomic E-state index is -4.79. The van der Waals surface area contributed by atoms with E-state index in [1.165, 1.54) is 23.7 Å². The molecular formula is C29H27ClF3N5O5S. The molecule has 0 aliphatic carbocycles. The van der Waals surface area contributed by atoms with Crippen molar-refractivity contribution in [3.63, 3.8) is 0 Å². The number of rotatable bonds is 8. The molecule has 3 N–H and O–H groups in total. The van der Waals surface area contributed by atoms with Gasteiger partial charge < -0.3 is 15.4 Å². The van der Waals surface area contributed by atoms with Crippen LogP contribution in [-0.4, -0.2) is 36.8 Å². The molecule has 232 valence electrons. The highest BCUT2D eigenvalue weighted by molar-refractivity contribution is 7.90. The van der Waals surface area contributed by atoms with Crippen LogP contribution in [0.1, 0.15) is 34.2 Å². The topological polar surface area (TPSA) is 131 Å². The molecule has 0 saturated carbocycles.